The molecule has 1 aromatic heterocycles. The second-order valence-electron chi connectivity index (χ2n) is 4.52. The zero-order valence-electron chi connectivity index (χ0n) is 11.4. The molecule has 0 bridgehead atoms. The van der Waals surface area contributed by atoms with Gasteiger partial charge < -0.3 is 19.4 Å². The number of morpholine rings is 1. The number of rotatable bonds is 4. The Morgan fingerprint density at radius 3 is 2.80 bits per heavy atom. The predicted octanol–water partition coefficient (Wildman–Crippen LogP) is 0.656. The molecule has 0 saturated carbocycles. The lowest BCUT2D eigenvalue weighted by molar-refractivity contribution is -0.138. The molecule has 1 atom stereocenters. The van der Waals surface area contributed by atoms with Crippen LogP contribution in [0, 0.1) is 0 Å². The number of nitrogens with zero attached hydrogens (tertiary/aromatic N) is 1. The van der Waals surface area contributed by atoms with Gasteiger partial charge in [0.1, 0.15) is 11.8 Å². The summed E-state index contributed by atoms with van der Waals surface area (Å²) in [5.41, 5.74) is 0. The fourth-order valence-corrected chi connectivity index (χ4v) is 1.92. The van der Waals surface area contributed by atoms with E-state index in [1.165, 1.54) is 12.3 Å². The van der Waals surface area contributed by atoms with Crippen LogP contribution in [0.2, 0.25) is 0 Å². The topological polar surface area (TPSA) is 71.8 Å². The second-order valence-corrected chi connectivity index (χ2v) is 4.52. The molecule has 1 saturated heterocycles. The Balaban J connectivity index is 1.82. The molecular formula is C14H18N2O4. The van der Waals surface area contributed by atoms with Gasteiger partial charge in [-0.15, -0.1) is 0 Å². The first-order valence-electron chi connectivity index (χ1n) is 6.55. The van der Waals surface area contributed by atoms with Gasteiger partial charge in [-0.25, -0.2) is 0 Å². The number of hydrogen-bond acceptors (Lipinski definition) is 4. The minimum atomic E-state index is -0.554. The first kappa shape index (κ1) is 14.3. The highest BCUT2D eigenvalue weighted by atomic mass is 16.5. The molecule has 2 rings (SSSR count). The van der Waals surface area contributed by atoms with Gasteiger partial charge in [0, 0.05) is 19.2 Å². The average molecular weight is 278 g/mol. The summed E-state index contributed by atoms with van der Waals surface area (Å²) < 4.78 is 10.3. The van der Waals surface area contributed by atoms with E-state index in [-0.39, 0.29) is 11.8 Å². The Morgan fingerprint density at radius 2 is 2.15 bits per heavy atom. The molecule has 1 aliphatic heterocycles. The largest absolute Gasteiger partial charge is 0.465 e. The quantitative estimate of drug-likeness (QED) is 0.821. The number of furan rings is 1. The zero-order valence-corrected chi connectivity index (χ0v) is 11.4. The molecule has 0 aliphatic carbocycles. The number of nitrogens with one attached hydrogen (secondary N) is 1. The van der Waals surface area contributed by atoms with Crippen molar-refractivity contribution in [3.63, 3.8) is 0 Å². The number of ether oxygens (including phenoxy) is 1. The standard InChI is InChI=1S/C14H18N2O4/c1-11(14(18)16-6-9-19-10-7-16)15-13(17)5-4-12-3-2-8-20-12/h2-5,8,11H,6-7,9-10H2,1H3,(H,15,17)/b5-4+/t11-/m0/s1. The molecule has 2 heterocycles. The minimum absolute atomic E-state index is 0.0898. The summed E-state index contributed by atoms with van der Waals surface area (Å²) in [4.78, 5) is 25.5. The fourth-order valence-electron chi connectivity index (χ4n) is 1.92. The normalized spacial score (nSPS) is 17.1. The van der Waals surface area contributed by atoms with Gasteiger partial charge in [0.25, 0.3) is 0 Å². The van der Waals surface area contributed by atoms with Crippen molar-refractivity contribution in [3.05, 3.63) is 30.2 Å². The van der Waals surface area contributed by atoms with Crippen molar-refractivity contribution in [3.8, 4) is 0 Å². The number of carbonyl (C=O) groups excluding carboxylic acids is 2. The lowest BCUT2D eigenvalue weighted by Gasteiger charge is -2.29. The van der Waals surface area contributed by atoms with Crippen LogP contribution in [0.4, 0.5) is 0 Å². The maximum atomic E-state index is 12.1. The third-order valence-corrected chi connectivity index (χ3v) is 2.99. The Kier molecular flexibility index (Phi) is 4.95. The van der Waals surface area contributed by atoms with E-state index < -0.39 is 6.04 Å². The van der Waals surface area contributed by atoms with Crippen LogP contribution in [0.5, 0.6) is 0 Å². The highest BCUT2D eigenvalue weighted by Gasteiger charge is 2.22. The Morgan fingerprint density at radius 1 is 1.40 bits per heavy atom. The van der Waals surface area contributed by atoms with Crippen LogP contribution in [-0.4, -0.2) is 49.1 Å². The molecule has 20 heavy (non-hydrogen) atoms. The number of carbonyl (C=O) groups is 2. The molecule has 1 aliphatic rings. The van der Waals surface area contributed by atoms with Crippen molar-refractivity contribution in [1.29, 1.82) is 0 Å². The van der Waals surface area contributed by atoms with Crippen LogP contribution in [0.15, 0.2) is 28.9 Å². The lowest BCUT2D eigenvalue weighted by atomic mass is 10.2. The molecule has 6 heteroatoms. The first-order valence-corrected chi connectivity index (χ1v) is 6.55. The van der Waals surface area contributed by atoms with E-state index in [0.717, 1.165) is 0 Å². The molecule has 1 fully saturated rings. The highest BCUT2D eigenvalue weighted by Crippen LogP contribution is 2.03. The van der Waals surface area contributed by atoms with E-state index in [0.29, 0.717) is 32.1 Å². The monoisotopic (exact) mass is 278 g/mol. The summed E-state index contributed by atoms with van der Waals surface area (Å²) in [5, 5.41) is 2.64. The van der Waals surface area contributed by atoms with E-state index in [1.54, 1.807) is 30.0 Å². The van der Waals surface area contributed by atoms with Crippen LogP contribution in [0.25, 0.3) is 6.08 Å². The summed E-state index contributed by atoms with van der Waals surface area (Å²) in [5.74, 6) is 0.177. The van der Waals surface area contributed by atoms with Crippen molar-refractivity contribution in [2.75, 3.05) is 26.3 Å². The molecule has 1 aromatic rings. The second kappa shape index (κ2) is 6.91. The molecule has 6 nitrogen and oxygen atoms in total. The third-order valence-electron chi connectivity index (χ3n) is 2.99. The van der Waals surface area contributed by atoms with Gasteiger partial charge in [-0.2, -0.15) is 0 Å². The van der Waals surface area contributed by atoms with E-state index in [2.05, 4.69) is 5.32 Å². The van der Waals surface area contributed by atoms with Crippen LogP contribution in [-0.2, 0) is 14.3 Å². The molecule has 0 unspecified atom stereocenters. The van der Waals surface area contributed by atoms with Crippen molar-refractivity contribution in [2.45, 2.75) is 13.0 Å². The SMILES string of the molecule is C[C@H](NC(=O)/C=C/c1ccco1)C(=O)N1CCOCC1. The van der Waals surface area contributed by atoms with Crippen molar-refractivity contribution in [1.82, 2.24) is 10.2 Å². The maximum Gasteiger partial charge on any atom is 0.245 e. The Bertz CT molecular complexity index is 475. The van der Waals surface area contributed by atoms with Gasteiger partial charge in [0.15, 0.2) is 0 Å². The predicted molar refractivity (Wildman–Crippen MR) is 72.7 cm³/mol. The van der Waals surface area contributed by atoms with Gasteiger partial charge in [0.05, 0.1) is 19.5 Å². The Hall–Kier alpha value is -2.08. The molecule has 0 aromatic carbocycles. The summed E-state index contributed by atoms with van der Waals surface area (Å²) in [6, 6.07) is 2.93. The molecular weight excluding hydrogens is 260 g/mol. The smallest absolute Gasteiger partial charge is 0.245 e. The van der Waals surface area contributed by atoms with E-state index >= 15 is 0 Å². The van der Waals surface area contributed by atoms with E-state index in [1.807, 2.05) is 0 Å². The number of amides is 2. The average Bonchev–Trinajstić information content (AvgIpc) is 2.98. The Labute approximate surface area is 117 Å². The minimum Gasteiger partial charge on any atom is -0.465 e. The lowest BCUT2D eigenvalue weighted by Crippen LogP contribution is -2.50. The third kappa shape index (κ3) is 3.96. The fraction of sp³-hybridized carbons (Fsp3) is 0.429. The summed E-state index contributed by atoms with van der Waals surface area (Å²) >= 11 is 0. The molecule has 108 valence electrons. The van der Waals surface area contributed by atoms with Gasteiger partial charge in [0.2, 0.25) is 11.8 Å². The summed E-state index contributed by atoms with van der Waals surface area (Å²) in [7, 11) is 0. The van der Waals surface area contributed by atoms with Gasteiger partial charge in [-0.05, 0) is 25.1 Å². The van der Waals surface area contributed by atoms with Gasteiger partial charge in [-0.1, -0.05) is 0 Å². The highest BCUT2D eigenvalue weighted by molar-refractivity contribution is 5.95. The van der Waals surface area contributed by atoms with E-state index in [9.17, 15) is 9.59 Å². The van der Waals surface area contributed by atoms with Crippen molar-refractivity contribution in [2.24, 2.45) is 0 Å². The maximum absolute atomic E-state index is 12.1. The molecule has 0 radical (unpaired) electrons. The van der Waals surface area contributed by atoms with Crippen LogP contribution < -0.4 is 5.32 Å². The van der Waals surface area contributed by atoms with Crippen molar-refractivity contribution >= 4 is 17.9 Å². The molecule has 2 amide bonds. The molecule has 1 N–H and O–H groups in total. The van der Waals surface area contributed by atoms with E-state index in [4.69, 9.17) is 9.15 Å². The molecule has 0 spiro atoms. The van der Waals surface area contributed by atoms with Gasteiger partial charge >= 0.3 is 0 Å². The first-order chi connectivity index (χ1) is 9.66. The zero-order chi connectivity index (χ0) is 14.4. The number of hydrogen-bond donors (Lipinski definition) is 1. The van der Waals surface area contributed by atoms with Crippen LogP contribution >= 0.6 is 0 Å². The van der Waals surface area contributed by atoms with Crippen LogP contribution in [0.1, 0.15) is 12.7 Å². The summed E-state index contributed by atoms with van der Waals surface area (Å²) in [6.45, 7) is 3.91. The van der Waals surface area contributed by atoms with Crippen molar-refractivity contribution < 1.29 is 18.7 Å². The summed E-state index contributed by atoms with van der Waals surface area (Å²) in [6.07, 6.45) is 4.44. The van der Waals surface area contributed by atoms with Gasteiger partial charge in [-0.3, -0.25) is 9.59 Å². The van der Waals surface area contributed by atoms with Crippen LogP contribution in [0.3, 0.4) is 0 Å².